The Kier molecular flexibility index (Phi) is 7.73. The van der Waals surface area contributed by atoms with E-state index in [0.717, 1.165) is 36.3 Å². The van der Waals surface area contributed by atoms with Crippen LogP contribution in [0.1, 0.15) is 72.6 Å². The average molecular weight is 564 g/mol. The smallest absolute Gasteiger partial charge is 0.254 e. The second-order valence-electron chi connectivity index (χ2n) is 10.9. The van der Waals surface area contributed by atoms with Gasteiger partial charge < -0.3 is 25.1 Å². The second-order valence-corrected chi connectivity index (χ2v) is 12.2. The van der Waals surface area contributed by atoms with Crippen molar-refractivity contribution in [1.82, 2.24) is 15.6 Å². The van der Waals surface area contributed by atoms with Crippen LogP contribution in [0, 0.1) is 19.8 Å². The fourth-order valence-corrected chi connectivity index (χ4v) is 6.79. The summed E-state index contributed by atoms with van der Waals surface area (Å²) in [5.41, 5.74) is 2.11. The van der Waals surface area contributed by atoms with E-state index in [2.05, 4.69) is 15.6 Å². The summed E-state index contributed by atoms with van der Waals surface area (Å²) < 4.78 is 25.9. The highest BCUT2D eigenvalue weighted by Crippen LogP contribution is 2.51. The molecule has 7 nitrogen and oxygen atoms in total. The molecule has 2 fully saturated rings. The predicted octanol–water partition coefficient (Wildman–Crippen LogP) is 5.43. The van der Waals surface area contributed by atoms with Gasteiger partial charge in [0.1, 0.15) is 6.17 Å². The minimum Gasteiger partial charge on any atom is -0.448 e. The van der Waals surface area contributed by atoms with E-state index in [-0.39, 0.29) is 23.9 Å². The number of aryl methyl sites for hydroxylation is 1. The van der Waals surface area contributed by atoms with Crippen LogP contribution in [0.2, 0.25) is 5.02 Å². The maximum Gasteiger partial charge on any atom is 0.254 e. The zero-order valence-corrected chi connectivity index (χ0v) is 23.8. The third kappa shape index (κ3) is 5.29. The van der Waals surface area contributed by atoms with Gasteiger partial charge >= 0.3 is 0 Å². The van der Waals surface area contributed by atoms with E-state index < -0.39 is 12.0 Å². The van der Waals surface area contributed by atoms with Crippen LogP contribution in [0.4, 0.5) is 4.39 Å². The molecule has 1 aromatic heterocycles. The van der Waals surface area contributed by atoms with Gasteiger partial charge in [-0.05, 0) is 70.8 Å². The van der Waals surface area contributed by atoms with Gasteiger partial charge in [0.25, 0.3) is 17.3 Å². The van der Waals surface area contributed by atoms with Crippen molar-refractivity contribution in [2.24, 2.45) is 5.92 Å². The Labute approximate surface area is 231 Å². The van der Waals surface area contributed by atoms with Crippen LogP contribution in [0.15, 0.2) is 21.8 Å². The van der Waals surface area contributed by atoms with Crippen molar-refractivity contribution in [1.29, 1.82) is 0 Å². The van der Waals surface area contributed by atoms with Crippen LogP contribution in [-0.2, 0) is 6.54 Å². The van der Waals surface area contributed by atoms with Gasteiger partial charge in [-0.1, -0.05) is 11.6 Å². The van der Waals surface area contributed by atoms with Crippen molar-refractivity contribution >= 4 is 29.3 Å². The third-order valence-corrected chi connectivity index (χ3v) is 9.27. The van der Waals surface area contributed by atoms with Gasteiger partial charge in [-0.2, -0.15) is 0 Å². The molecule has 1 aromatic carbocycles. The molecule has 5 rings (SSSR count). The molecule has 0 radical (unpaired) electrons. The number of fused-ring (bicyclic) bond motifs is 1. The molecule has 2 saturated carbocycles. The number of alkyl halides is 1. The molecule has 206 valence electrons. The van der Waals surface area contributed by atoms with Gasteiger partial charge in [0.2, 0.25) is 0 Å². The molecule has 2 heterocycles. The molecule has 3 N–H and O–H groups in total. The number of benzene rings is 1. The number of rotatable bonds is 7. The quantitative estimate of drug-likeness (QED) is 0.389. The molecule has 0 saturated heterocycles. The summed E-state index contributed by atoms with van der Waals surface area (Å²) in [6, 6.07) is 4.19. The van der Waals surface area contributed by atoms with Crippen molar-refractivity contribution < 1.29 is 18.7 Å². The molecule has 0 spiro atoms. The van der Waals surface area contributed by atoms with Crippen LogP contribution in [0.3, 0.4) is 0 Å². The lowest BCUT2D eigenvalue weighted by atomic mass is 9.80. The van der Waals surface area contributed by atoms with Crippen molar-refractivity contribution in [2.75, 3.05) is 6.26 Å². The molecule has 1 unspecified atom stereocenters. The fraction of sp³-hybridized carbons (Fsp3) is 0.571. The number of aromatic nitrogens is 1. The highest BCUT2D eigenvalue weighted by Gasteiger charge is 2.47. The number of H-pyrrole nitrogens is 1. The predicted molar refractivity (Wildman–Crippen MR) is 147 cm³/mol. The Balaban J connectivity index is 1.26. The minimum absolute atomic E-state index is 0.0952. The topological polar surface area (TPSA) is 92.5 Å². The van der Waals surface area contributed by atoms with Gasteiger partial charge in [0, 0.05) is 58.7 Å². The summed E-state index contributed by atoms with van der Waals surface area (Å²) in [7, 11) is 0. The van der Waals surface area contributed by atoms with Crippen molar-refractivity contribution in [2.45, 2.75) is 94.8 Å². The molecule has 1 atom stereocenters. The first-order chi connectivity index (χ1) is 18.1. The number of aromatic amines is 1. The largest absolute Gasteiger partial charge is 0.448 e. The summed E-state index contributed by atoms with van der Waals surface area (Å²) in [5.74, 6) is -0.0955. The van der Waals surface area contributed by atoms with E-state index in [4.69, 9.17) is 21.1 Å². The third-order valence-electron chi connectivity index (χ3n) is 8.19. The number of ether oxygens (including phenoxy) is 2. The summed E-state index contributed by atoms with van der Waals surface area (Å²) >= 11 is 8.06. The Hall–Kier alpha value is -2.23. The van der Waals surface area contributed by atoms with E-state index in [1.54, 1.807) is 6.07 Å². The highest BCUT2D eigenvalue weighted by atomic mass is 35.5. The number of carbonyl (C=O) groups excluding carboxylic acids is 1. The molecule has 1 amide bonds. The van der Waals surface area contributed by atoms with Crippen LogP contribution >= 0.6 is 23.4 Å². The average Bonchev–Trinajstić information content (AvgIpc) is 3.24. The van der Waals surface area contributed by atoms with Gasteiger partial charge in [-0.3, -0.25) is 9.59 Å². The van der Waals surface area contributed by atoms with Crippen molar-refractivity contribution in [3.63, 3.8) is 0 Å². The summed E-state index contributed by atoms with van der Waals surface area (Å²) in [4.78, 5) is 29.3. The molecular formula is C28H35ClFN3O4S. The Morgan fingerprint density at radius 3 is 2.50 bits per heavy atom. The van der Waals surface area contributed by atoms with Crippen LogP contribution in [-0.4, -0.2) is 41.2 Å². The molecule has 0 bridgehead atoms. The number of nitrogens with one attached hydrogen (secondary N) is 3. The van der Waals surface area contributed by atoms with Gasteiger partial charge in [-0.15, -0.1) is 11.8 Å². The maximum atomic E-state index is 13.2. The molecule has 10 heteroatoms. The monoisotopic (exact) mass is 563 g/mol. The standard InChI is InChI=1S/C28H35ClFN3O4S/c1-14-9-23(38-4)21(27(35)32-14)13-31-26(34)20-12-22(29)25-24(15(20)2)36-28(3,37-25)16-5-7-18(8-6-16)33-19-10-17(30)11-19/h9,12,16-19,33H,5-8,10-11,13H2,1-4H3,(H,31,34)(H,32,35)/t16-,17-,18-,19-,28?. The Morgan fingerprint density at radius 2 is 1.84 bits per heavy atom. The maximum absolute atomic E-state index is 13.2. The highest BCUT2D eigenvalue weighted by molar-refractivity contribution is 7.98. The normalized spacial score (nSPS) is 28.2. The van der Waals surface area contributed by atoms with Crippen LogP contribution in [0.25, 0.3) is 0 Å². The Bertz CT molecular complexity index is 1290. The lowest BCUT2D eigenvalue weighted by Crippen LogP contribution is -2.51. The van der Waals surface area contributed by atoms with E-state index in [9.17, 15) is 14.0 Å². The minimum atomic E-state index is -0.875. The summed E-state index contributed by atoms with van der Waals surface area (Å²) in [6.07, 6.45) is 6.28. The van der Waals surface area contributed by atoms with E-state index in [0.29, 0.717) is 58.1 Å². The second kappa shape index (κ2) is 10.7. The molecule has 2 aliphatic carbocycles. The molecular weight excluding hydrogens is 529 g/mol. The number of amides is 1. The first-order valence-corrected chi connectivity index (χ1v) is 14.8. The van der Waals surface area contributed by atoms with Gasteiger partial charge in [0.15, 0.2) is 11.5 Å². The molecule has 1 aliphatic heterocycles. The number of carbonyl (C=O) groups is 1. The molecule has 38 heavy (non-hydrogen) atoms. The van der Waals surface area contributed by atoms with E-state index >= 15 is 0 Å². The lowest BCUT2D eigenvalue weighted by molar-refractivity contribution is -0.121. The number of hydrogen-bond donors (Lipinski definition) is 3. The van der Waals surface area contributed by atoms with Crippen molar-refractivity contribution in [3.8, 4) is 11.5 Å². The fourth-order valence-electron chi connectivity index (χ4n) is 5.85. The number of hydrogen-bond acceptors (Lipinski definition) is 6. The summed E-state index contributed by atoms with van der Waals surface area (Å²) in [5, 5.41) is 6.78. The zero-order valence-electron chi connectivity index (χ0n) is 22.2. The molecule has 2 aromatic rings. The summed E-state index contributed by atoms with van der Waals surface area (Å²) in [6.45, 7) is 5.68. The SMILES string of the molecule is CSc1cc(C)[nH]c(=O)c1CNC(=O)c1cc(Cl)c2c(c1C)OC(C)([C@H]1CC[C@H](N[C@H]3C[C@H](F)C3)CC1)O2. The zero-order chi connectivity index (χ0) is 27.2. The van der Waals surface area contributed by atoms with Crippen molar-refractivity contribution in [3.05, 3.63) is 49.9 Å². The van der Waals surface area contributed by atoms with Crippen LogP contribution < -0.4 is 25.7 Å². The first kappa shape index (κ1) is 27.3. The molecule has 3 aliphatic rings. The first-order valence-electron chi connectivity index (χ1n) is 13.2. The van der Waals surface area contributed by atoms with E-state index in [1.807, 2.05) is 33.1 Å². The lowest BCUT2D eigenvalue weighted by Gasteiger charge is -2.40. The number of thioether (sulfide) groups is 1. The van der Waals surface area contributed by atoms with E-state index in [1.165, 1.54) is 11.8 Å². The van der Waals surface area contributed by atoms with Crippen LogP contribution in [0.5, 0.6) is 11.5 Å². The Morgan fingerprint density at radius 1 is 1.16 bits per heavy atom. The van der Waals surface area contributed by atoms with Gasteiger partial charge in [0.05, 0.1) is 5.02 Å². The number of halogens is 2. The number of pyridine rings is 1. The van der Waals surface area contributed by atoms with Gasteiger partial charge in [-0.25, -0.2) is 4.39 Å².